The van der Waals surface area contributed by atoms with Crippen LogP contribution < -0.4 is 4.72 Å². The Labute approximate surface area is 120 Å². The lowest BCUT2D eigenvalue weighted by atomic mass is 10.1. The molecular formula is C12H23N3O4S. The molecule has 1 N–H and O–H groups in total. The molecule has 2 aliphatic rings. The van der Waals surface area contributed by atoms with E-state index in [1.807, 2.05) is 20.8 Å². The molecule has 7 nitrogen and oxygen atoms in total. The summed E-state index contributed by atoms with van der Waals surface area (Å²) in [6.45, 7) is 7.55. The molecule has 116 valence electrons. The molecule has 2 saturated heterocycles. The molecule has 0 aromatic heterocycles. The summed E-state index contributed by atoms with van der Waals surface area (Å²) >= 11 is 0. The van der Waals surface area contributed by atoms with Crippen molar-refractivity contribution in [3.05, 3.63) is 0 Å². The van der Waals surface area contributed by atoms with Crippen molar-refractivity contribution >= 4 is 16.3 Å². The molecule has 0 aromatic rings. The van der Waals surface area contributed by atoms with Crippen molar-refractivity contribution < 1.29 is 17.9 Å². The Balaban J connectivity index is 1.88. The van der Waals surface area contributed by atoms with E-state index in [-0.39, 0.29) is 12.1 Å². The highest BCUT2D eigenvalue weighted by atomic mass is 32.2. The van der Waals surface area contributed by atoms with Crippen LogP contribution in [0.25, 0.3) is 0 Å². The SMILES string of the molecule is CC(C)(C)OC(=O)N1CCC(N2CCNS2(=O)=O)CC1. The Hall–Kier alpha value is -0.860. The molecule has 0 bridgehead atoms. The fraction of sp³-hybridized carbons (Fsp3) is 0.917. The van der Waals surface area contributed by atoms with Crippen LogP contribution in [0.15, 0.2) is 0 Å². The fourth-order valence-electron chi connectivity index (χ4n) is 2.53. The van der Waals surface area contributed by atoms with E-state index in [0.717, 1.165) is 0 Å². The Morgan fingerprint density at radius 1 is 1.20 bits per heavy atom. The van der Waals surface area contributed by atoms with Crippen LogP contribution in [0, 0.1) is 0 Å². The number of hydrogen-bond donors (Lipinski definition) is 1. The monoisotopic (exact) mass is 305 g/mol. The number of likely N-dealkylation sites (tertiary alicyclic amines) is 1. The molecule has 0 spiro atoms. The molecule has 0 aromatic carbocycles. The van der Waals surface area contributed by atoms with E-state index < -0.39 is 15.8 Å². The van der Waals surface area contributed by atoms with E-state index in [2.05, 4.69) is 4.72 Å². The van der Waals surface area contributed by atoms with E-state index in [1.54, 1.807) is 4.90 Å². The lowest BCUT2D eigenvalue weighted by molar-refractivity contribution is 0.0180. The number of amides is 1. The van der Waals surface area contributed by atoms with Crippen LogP contribution in [0.1, 0.15) is 33.6 Å². The average Bonchev–Trinajstić information content (AvgIpc) is 2.67. The van der Waals surface area contributed by atoms with Gasteiger partial charge in [0.2, 0.25) is 0 Å². The maximum Gasteiger partial charge on any atom is 0.410 e. The number of carbonyl (C=O) groups excluding carboxylic acids is 1. The van der Waals surface area contributed by atoms with Gasteiger partial charge in [-0.05, 0) is 33.6 Å². The predicted molar refractivity (Wildman–Crippen MR) is 74.5 cm³/mol. The summed E-state index contributed by atoms with van der Waals surface area (Å²) in [5.74, 6) is 0. The van der Waals surface area contributed by atoms with Gasteiger partial charge in [-0.3, -0.25) is 0 Å². The highest BCUT2D eigenvalue weighted by Gasteiger charge is 2.37. The Morgan fingerprint density at radius 2 is 1.80 bits per heavy atom. The van der Waals surface area contributed by atoms with Crippen molar-refractivity contribution in [3.8, 4) is 0 Å². The highest BCUT2D eigenvalue weighted by Crippen LogP contribution is 2.22. The van der Waals surface area contributed by atoms with Gasteiger partial charge in [-0.15, -0.1) is 0 Å². The summed E-state index contributed by atoms with van der Waals surface area (Å²) in [6.07, 6.45) is 0.985. The van der Waals surface area contributed by atoms with Gasteiger partial charge >= 0.3 is 6.09 Å². The van der Waals surface area contributed by atoms with Crippen molar-refractivity contribution in [2.75, 3.05) is 26.2 Å². The Bertz CT molecular complexity index is 464. The van der Waals surface area contributed by atoms with E-state index in [4.69, 9.17) is 4.74 Å². The molecule has 0 radical (unpaired) electrons. The van der Waals surface area contributed by atoms with E-state index in [1.165, 1.54) is 4.31 Å². The number of hydrogen-bond acceptors (Lipinski definition) is 4. The van der Waals surface area contributed by atoms with Crippen molar-refractivity contribution in [1.29, 1.82) is 0 Å². The van der Waals surface area contributed by atoms with E-state index >= 15 is 0 Å². The minimum absolute atomic E-state index is 0.0197. The molecule has 2 heterocycles. The van der Waals surface area contributed by atoms with Crippen LogP contribution in [-0.4, -0.2) is 61.5 Å². The summed E-state index contributed by atoms with van der Waals surface area (Å²) in [7, 11) is -3.30. The Kier molecular flexibility index (Phi) is 4.27. The molecule has 2 aliphatic heterocycles. The van der Waals surface area contributed by atoms with Crippen molar-refractivity contribution in [2.45, 2.75) is 45.3 Å². The minimum Gasteiger partial charge on any atom is -0.444 e. The lowest BCUT2D eigenvalue weighted by Crippen LogP contribution is -2.48. The first-order chi connectivity index (χ1) is 9.19. The van der Waals surface area contributed by atoms with Gasteiger partial charge in [-0.2, -0.15) is 12.7 Å². The van der Waals surface area contributed by atoms with Crippen LogP contribution in [0.2, 0.25) is 0 Å². The van der Waals surface area contributed by atoms with Gasteiger partial charge in [0.15, 0.2) is 0 Å². The fourth-order valence-corrected chi connectivity index (χ4v) is 3.98. The number of piperidine rings is 1. The first-order valence-corrected chi connectivity index (χ1v) is 8.37. The quantitative estimate of drug-likeness (QED) is 0.767. The number of rotatable bonds is 1. The topological polar surface area (TPSA) is 79.0 Å². The van der Waals surface area contributed by atoms with Gasteiger partial charge in [0.1, 0.15) is 5.60 Å². The van der Waals surface area contributed by atoms with Crippen molar-refractivity contribution in [1.82, 2.24) is 13.9 Å². The maximum atomic E-state index is 11.9. The molecular weight excluding hydrogens is 282 g/mol. The standard InChI is InChI=1S/C12H23N3O4S/c1-12(2,3)19-11(16)14-7-4-10(5-8-14)15-9-6-13-20(15,17)18/h10,13H,4-9H2,1-3H3. The summed E-state index contributed by atoms with van der Waals surface area (Å²) in [4.78, 5) is 13.6. The normalized spacial score (nSPS) is 24.9. The zero-order chi connectivity index (χ0) is 15.0. The summed E-state index contributed by atoms with van der Waals surface area (Å²) in [5.41, 5.74) is -0.504. The molecule has 0 atom stereocenters. The highest BCUT2D eigenvalue weighted by molar-refractivity contribution is 7.87. The third kappa shape index (κ3) is 3.62. The molecule has 20 heavy (non-hydrogen) atoms. The molecule has 8 heteroatoms. The molecule has 0 unspecified atom stereocenters. The Morgan fingerprint density at radius 3 is 2.25 bits per heavy atom. The van der Waals surface area contributed by atoms with Crippen LogP contribution >= 0.6 is 0 Å². The molecule has 2 fully saturated rings. The third-order valence-corrected chi connectivity index (χ3v) is 5.12. The van der Waals surface area contributed by atoms with Crippen molar-refractivity contribution in [2.24, 2.45) is 0 Å². The van der Waals surface area contributed by atoms with Gasteiger partial charge in [-0.1, -0.05) is 0 Å². The van der Waals surface area contributed by atoms with Gasteiger partial charge in [-0.25, -0.2) is 9.52 Å². The summed E-state index contributed by atoms with van der Waals surface area (Å²) < 4.78 is 32.9. The van der Waals surface area contributed by atoms with Crippen LogP contribution in [0.4, 0.5) is 4.79 Å². The zero-order valence-electron chi connectivity index (χ0n) is 12.3. The molecule has 0 aliphatic carbocycles. The minimum atomic E-state index is -3.30. The van der Waals surface area contributed by atoms with Gasteiger partial charge in [0.25, 0.3) is 10.2 Å². The summed E-state index contributed by atoms with van der Waals surface area (Å²) in [5, 5.41) is 0. The van der Waals surface area contributed by atoms with Gasteiger partial charge in [0, 0.05) is 32.2 Å². The second-order valence-corrected chi connectivity index (χ2v) is 7.92. The smallest absolute Gasteiger partial charge is 0.410 e. The van der Waals surface area contributed by atoms with Crippen LogP contribution in [0.3, 0.4) is 0 Å². The van der Waals surface area contributed by atoms with E-state index in [9.17, 15) is 13.2 Å². The summed E-state index contributed by atoms with van der Waals surface area (Å²) in [6, 6.07) is -0.0197. The second kappa shape index (κ2) is 5.50. The van der Waals surface area contributed by atoms with E-state index in [0.29, 0.717) is 39.0 Å². The lowest BCUT2D eigenvalue weighted by Gasteiger charge is -2.36. The zero-order valence-corrected chi connectivity index (χ0v) is 13.1. The average molecular weight is 305 g/mol. The first kappa shape index (κ1) is 15.5. The number of carbonyl (C=O) groups is 1. The molecule has 1 amide bonds. The molecule has 2 rings (SSSR count). The largest absolute Gasteiger partial charge is 0.444 e. The maximum absolute atomic E-state index is 11.9. The second-order valence-electron chi connectivity index (χ2n) is 6.21. The van der Waals surface area contributed by atoms with Gasteiger partial charge < -0.3 is 9.64 Å². The third-order valence-electron chi connectivity index (χ3n) is 3.45. The molecule has 0 saturated carbocycles. The predicted octanol–water partition coefficient (Wildman–Crippen LogP) is 0.536. The van der Waals surface area contributed by atoms with Crippen LogP contribution in [-0.2, 0) is 14.9 Å². The van der Waals surface area contributed by atoms with Gasteiger partial charge in [0.05, 0.1) is 0 Å². The number of ether oxygens (including phenoxy) is 1. The van der Waals surface area contributed by atoms with Crippen molar-refractivity contribution in [3.63, 3.8) is 0 Å². The first-order valence-electron chi connectivity index (χ1n) is 6.93. The number of nitrogens with one attached hydrogen (secondary N) is 1. The van der Waals surface area contributed by atoms with Crippen LogP contribution in [0.5, 0.6) is 0 Å². The number of nitrogens with zero attached hydrogens (tertiary/aromatic N) is 2.